The van der Waals surface area contributed by atoms with Gasteiger partial charge in [-0.1, -0.05) is 6.07 Å². The van der Waals surface area contributed by atoms with Crippen LogP contribution in [-0.2, 0) is 10.0 Å². The summed E-state index contributed by atoms with van der Waals surface area (Å²) in [6, 6.07) is 3.88. The molecule has 1 fully saturated rings. The fourth-order valence-corrected chi connectivity index (χ4v) is 5.52. The predicted octanol–water partition coefficient (Wildman–Crippen LogP) is 3.45. The lowest BCUT2D eigenvalue weighted by Gasteiger charge is -2.29. The molecular weight excluding hydrogens is 376 g/mol. The van der Waals surface area contributed by atoms with Crippen molar-refractivity contribution in [3.8, 4) is 5.88 Å². The van der Waals surface area contributed by atoms with E-state index in [1.165, 1.54) is 0 Å². The smallest absolute Gasteiger partial charge is 0.244 e. The SMILES string of the molecule is Cc1ccc(OC2CCC(NS(=O)(=O)c3c(C)nn(C(C)C)c3C)CC2)nc1. The third-order valence-electron chi connectivity index (χ3n) is 5.18. The summed E-state index contributed by atoms with van der Waals surface area (Å²) in [7, 11) is -3.60. The molecular formula is C20H30N4O3S. The van der Waals surface area contributed by atoms with E-state index in [2.05, 4.69) is 14.8 Å². The molecule has 0 aromatic carbocycles. The number of hydrogen-bond donors (Lipinski definition) is 1. The van der Waals surface area contributed by atoms with Gasteiger partial charge in [0.05, 0.1) is 11.4 Å². The van der Waals surface area contributed by atoms with Crippen LogP contribution in [0.4, 0.5) is 0 Å². The van der Waals surface area contributed by atoms with Crippen molar-refractivity contribution in [3.05, 3.63) is 35.3 Å². The summed E-state index contributed by atoms with van der Waals surface area (Å²) in [6.07, 6.45) is 4.94. The van der Waals surface area contributed by atoms with Gasteiger partial charge < -0.3 is 4.74 Å². The number of nitrogens with one attached hydrogen (secondary N) is 1. The number of pyridine rings is 1. The van der Waals surface area contributed by atoms with Gasteiger partial charge in [-0.05, 0) is 65.9 Å². The van der Waals surface area contributed by atoms with E-state index in [-0.39, 0.29) is 18.2 Å². The van der Waals surface area contributed by atoms with Crippen LogP contribution in [-0.4, -0.2) is 35.3 Å². The first-order valence-corrected chi connectivity index (χ1v) is 11.3. The summed E-state index contributed by atoms with van der Waals surface area (Å²) < 4.78 is 36.5. The molecule has 2 aromatic rings. The van der Waals surface area contributed by atoms with Gasteiger partial charge in [-0.2, -0.15) is 5.10 Å². The van der Waals surface area contributed by atoms with Crippen molar-refractivity contribution in [2.75, 3.05) is 0 Å². The van der Waals surface area contributed by atoms with Crippen LogP contribution >= 0.6 is 0 Å². The lowest BCUT2D eigenvalue weighted by atomic mass is 9.94. The van der Waals surface area contributed by atoms with Gasteiger partial charge in [-0.25, -0.2) is 18.1 Å². The summed E-state index contributed by atoms with van der Waals surface area (Å²) in [6.45, 7) is 9.54. The average Bonchev–Trinajstić information content (AvgIpc) is 2.94. The summed E-state index contributed by atoms with van der Waals surface area (Å²) >= 11 is 0. The second-order valence-electron chi connectivity index (χ2n) is 7.92. The molecule has 1 N–H and O–H groups in total. The molecule has 0 spiro atoms. The first-order chi connectivity index (χ1) is 13.2. The van der Waals surface area contributed by atoms with Crippen molar-refractivity contribution in [1.82, 2.24) is 19.5 Å². The third-order valence-corrected chi connectivity index (χ3v) is 6.96. The van der Waals surface area contributed by atoms with E-state index in [9.17, 15) is 8.42 Å². The molecule has 0 unspecified atom stereocenters. The monoisotopic (exact) mass is 406 g/mol. The minimum absolute atomic E-state index is 0.0723. The maximum Gasteiger partial charge on any atom is 0.244 e. The average molecular weight is 407 g/mol. The molecule has 3 rings (SSSR count). The first-order valence-electron chi connectivity index (χ1n) is 9.84. The van der Waals surface area contributed by atoms with E-state index in [0.29, 0.717) is 22.2 Å². The van der Waals surface area contributed by atoms with Crippen molar-refractivity contribution >= 4 is 10.0 Å². The Labute approximate surface area is 167 Å². The molecule has 1 aliphatic carbocycles. The van der Waals surface area contributed by atoms with Gasteiger partial charge in [0.15, 0.2) is 0 Å². The lowest BCUT2D eigenvalue weighted by Crippen LogP contribution is -2.40. The van der Waals surface area contributed by atoms with Gasteiger partial charge in [-0.15, -0.1) is 0 Å². The number of hydrogen-bond acceptors (Lipinski definition) is 5. The van der Waals surface area contributed by atoms with Crippen LogP contribution in [0, 0.1) is 20.8 Å². The highest BCUT2D eigenvalue weighted by Gasteiger charge is 2.30. The Morgan fingerprint density at radius 3 is 2.36 bits per heavy atom. The third kappa shape index (κ3) is 4.55. The topological polar surface area (TPSA) is 86.1 Å². The number of rotatable bonds is 6. The van der Waals surface area contributed by atoms with Gasteiger partial charge >= 0.3 is 0 Å². The second-order valence-corrected chi connectivity index (χ2v) is 9.58. The van der Waals surface area contributed by atoms with Crippen LogP contribution in [0.2, 0.25) is 0 Å². The summed E-state index contributed by atoms with van der Waals surface area (Å²) in [5, 5.41) is 4.40. The molecule has 2 heterocycles. The number of aromatic nitrogens is 3. The Morgan fingerprint density at radius 2 is 1.82 bits per heavy atom. The zero-order valence-electron chi connectivity index (χ0n) is 17.3. The summed E-state index contributed by atoms with van der Waals surface area (Å²) in [4.78, 5) is 4.59. The largest absolute Gasteiger partial charge is 0.474 e. The number of nitrogens with zero attached hydrogens (tertiary/aromatic N) is 3. The zero-order valence-corrected chi connectivity index (χ0v) is 18.1. The fourth-order valence-electron chi connectivity index (χ4n) is 3.81. The van der Waals surface area contributed by atoms with Crippen LogP contribution in [0.1, 0.15) is 62.5 Å². The molecule has 0 aliphatic heterocycles. The number of ether oxygens (including phenoxy) is 1. The van der Waals surface area contributed by atoms with E-state index in [1.54, 1.807) is 17.8 Å². The molecule has 7 nitrogen and oxygen atoms in total. The highest BCUT2D eigenvalue weighted by molar-refractivity contribution is 7.89. The highest BCUT2D eigenvalue weighted by atomic mass is 32.2. The molecule has 0 amide bonds. The minimum Gasteiger partial charge on any atom is -0.474 e. The number of aryl methyl sites for hydroxylation is 2. The maximum absolute atomic E-state index is 13.0. The zero-order chi connectivity index (χ0) is 20.5. The molecule has 1 saturated carbocycles. The number of sulfonamides is 1. The van der Waals surface area contributed by atoms with Crippen LogP contribution in [0.3, 0.4) is 0 Å². The van der Waals surface area contributed by atoms with Gasteiger partial charge in [0, 0.05) is 24.3 Å². The van der Waals surface area contributed by atoms with Crippen molar-refractivity contribution in [2.24, 2.45) is 0 Å². The van der Waals surface area contributed by atoms with Crippen molar-refractivity contribution in [3.63, 3.8) is 0 Å². The van der Waals surface area contributed by atoms with Crippen molar-refractivity contribution < 1.29 is 13.2 Å². The molecule has 2 aromatic heterocycles. The summed E-state index contributed by atoms with van der Waals surface area (Å²) in [5.41, 5.74) is 2.32. The van der Waals surface area contributed by atoms with Gasteiger partial charge in [0.1, 0.15) is 11.0 Å². The van der Waals surface area contributed by atoms with E-state index in [4.69, 9.17) is 4.74 Å². The van der Waals surface area contributed by atoms with E-state index in [1.807, 2.05) is 39.8 Å². The van der Waals surface area contributed by atoms with Crippen LogP contribution in [0.25, 0.3) is 0 Å². The Morgan fingerprint density at radius 1 is 1.14 bits per heavy atom. The van der Waals surface area contributed by atoms with Gasteiger partial charge in [0.2, 0.25) is 15.9 Å². The summed E-state index contributed by atoms with van der Waals surface area (Å²) in [5.74, 6) is 0.627. The highest BCUT2D eigenvalue weighted by Crippen LogP contribution is 2.26. The van der Waals surface area contributed by atoms with Crippen molar-refractivity contribution in [2.45, 2.75) is 83.4 Å². The Bertz CT molecular complexity index is 912. The van der Waals surface area contributed by atoms with Crippen LogP contribution in [0.5, 0.6) is 5.88 Å². The van der Waals surface area contributed by atoms with E-state index < -0.39 is 10.0 Å². The molecule has 1 aliphatic rings. The Hall–Kier alpha value is -1.93. The normalized spacial score (nSPS) is 20.5. The maximum atomic E-state index is 13.0. The van der Waals surface area contributed by atoms with E-state index in [0.717, 1.165) is 31.2 Å². The predicted molar refractivity (Wildman–Crippen MR) is 108 cm³/mol. The molecule has 154 valence electrons. The molecule has 8 heteroatoms. The first kappa shape index (κ1) is 20.8. The quantitative estimate of drug-likeness (QED) is 0.794. The molecule has 0 atom stereocenters. The standard InChI is InChI=1S/C20H30N4O3S/c1-13(2)24-16(5)20(15(4)22-24)28(25,26)23-17-7-9-18(10-8-17)27-19-11-6-14(3)12-21-19/h6,11-13,17-18,23H,7-10H2,1-5H3. The molecule has 0 saturated heterocycles. The Kier molecular flexibility index (Phi) is 6.09. The fraction of sp³-hybridized carbons (Fsp3) is 0.600. The Balaban J connectivity index is 1.62. The lowest BCUT2D eigenvalue weighted by molar-refractivity contribution is 0.138. The van der Waals surface area contributed by atoms with Crippen LogP contribution in [0.15, 0.2) is 23.2 Å². The van der Waals surface area contributed by atoms with Crippen LogP contribution < -0.4 is 9.46 Å². The molecule has 28 heavy (non-hydrogen) atoms. The minimum atomic E-state index is -3.60. The second kappa shape index (κ2) is 8.21. The molecule has 0 radical (unpaired) electrons. The van der Waals surface area contributed by atoms with Crippen molar-refractivity contribution in [1.29, 1.82) is 0 Å². The molecule has 0 bridgehead atoms. The van der Waals surface area contributed by atoms with Gasteiger partial charge in [-0.3, -0.25) is 4.68 Å². The van der Waals surface area contributed by atoms with Gasteiger partial charge in [0.25, 0.3) is 0 Å². The van der Waals surface area contributed by atoms with E-state index >= 15 is 0 Å².